The Morgan fingerprint density at radius 3 is 2.23 bits per heavy atom. The number of hydrogen-bond donors (Lipinski definition) is 2. The highest BCUT2D eigenvalue weighted by Crippen LogP contribution is 2.11. The minimum Gasteiger partial charge on any atom is -0.497 e. The summed E-state index contributed by atoms with van der Waals surface area (Å²) in [5, 5.41) is 2.69. The fourth-order valence-electron chi connectivity index (χ4n) is 2.54. The van der Waals surface area contributed by atoms with E-state index in [-0.39, 0.29) is 4.90 Å². The molecule has 0 aliphatic heterocycles. The Balaban J connectivity index is 1.79. The van der Waals surface area contributed by atoms with Crippen molar-refractivity contribution >= 4 is 21.9 Å². The van der Waals surface area contributed by atoms with Gasteiger partial charge in [0.2, 0.25) is 10.0 Å². The normalized spacial score (nSPS) is 13.2. The summed E-state index contributed by atoms with van der Waals surface area (Å²) in [6.45, 7) is 3.15. The van der Waals surface area contributed by atoms with E-state index in [1.807, 2.05) is 24.3 Å². The van der Waals surface area contributed by atoms with E-state index in [1.54, 1.807) is 25.3 Å². The Morgan fingerprint density at radius 1 is 1.00 bits per heavy atom. The van der Waals surface area contributed by atoms with Gasteiger partial charge in [-0.25, -0.2) is 8.42 Å². The molecule has 2 rings (SSSR count). The van der Waals surface area contributed by atoms with Gasteiger partial charge in [-0.1, -0.05) is 30.3 Å². The summed E-state index contributed by atoms with van der Waals surface area (Å²) in [4.78, 5) is 24.4. The number of amides is 1. The molecule has 0 bridgehead atoms. The predicted molar refractivity (Wildman–Crippen MR) is 111 cm³/mol. The van der Waals surface area contributed by atoms with Crippen molar-refractivity contribution < 1.29 is 27.5 Å². The highest BCUT2D eigenvalue weighted by Gasteiger charge is 2.26. The number of nitrogens with one attached hydrogen (secondary N) is 2. The summed E-state index contributed by atoms with van der Waals surface area (Å²) in [5.41, 5.74) is 1.02. The van der Waals surface area contributed by atoms with Gasteiger partial charge in [-0.05, 0) is 50.1 Å². The van der Waals surface area contributed by atoms with Crippen LogP contribution in [-0.2, 0) is 30.8 Å². The Labute approximate surface area is 176 Å². The molecule has 0 aliphatic rings. The summed E-state index contributed by atoms with van der Waals surface area (Å²) in [6, 6.07) is 14.0. The van der Waals surface area contributed by atoms with Gasteiger partial charge in [0, 0.05) is 6.54 Å². The Bertz CT molecular complexity index is 945. The molecule has 0 aliphatic carbocycles. The minimum atomic E-state index is -3.87. The van der Waals surface area contributed by atoms with E-state index in [9.17, 15) is 18.0 Å². The lowest BCUT2D eigenvalue weighted by atomic mass is 10.1. The standard InChI is InChI=1S/C21H26N2O6S/c1-15(23-30(26,27)19-7-5-4-6-8-19)21(25)29-16(2)20(24)22-14-13-17-9-11-18(28-3)12-10-17/h4-12,15-16,23H,13-14H2,1-3H3,(H,22,24)/t15-,16?/m0/s1. The van der Waals surface area contributed by atoms with E-state index >= 15 is 0 Å². The van der Waals surface area contributed by atoms with Crippen LogP contribution in [-0.4, -0.2) is 46.1 Å². The maximum atomic E-state index is 12.3. The largest absolute Gasteiger partial charge is 0.497 e. The second kappa shape index (κ2) is 10.7. The summed E-state index contributed by atoms with van der Waals surface area (Å²) in [7, 11) is -2.28. The monoisotopic (exact) mass is 434 g/mol. The topological polar surface area (TPSA) is 111 Å². The average molecular weight is 435 g/mol. The van der Waals surface area contributed by atoms with Gasteiger partial charge in [0.05, 0.1) is 12.0 Å². The third-order valence-corrected chi connectivity index (χ3v) is 5.83. The quantitative estimate of drug-likeness (QED) is 0.550. The molecule has 2 N–H and O–H groups in total. The van der Waals surface area contributed by atoms with Crippen LogP contribution >= 0.6 is 0 Å². The van der Waals surface area contributed by atoms with Crippen LogP contribution in [0, 0.1) is 0 Å². The minimum absolute atomic E-state index is 0.0361. The van der Waals surface area contributed by atoms with Crippen molar-refractivity contribution in [3.8, 4) is 5.75 Å². The van der Waals surface area contributed by atoms with Gasteiger partial charge in [0.25, 0.3) is 5.91 Å². The van der Waals surface area contributed by atoms with Gasteiger partial charge in [-0.15, -0.1) is 0 Å². The molecule has 2 aromatic carbocycles. The lowest BCUT2D eigenvalue weighted by Crippen LogP contribution is -2.43. The maximum Gasteiger partial charge on any atom is 0.324 e. The van der Waals surface area contributed by atoms with Crippen molar-refractivity contribution in [1.29, 1.82) is 0 Å². The predicted octanol–water partition coefficient (Wildman–Crippen LogP) is 1.65. The van der Waals surface area contributed by atoms with E-state index in [0.29, 0.717) is 13.0 Å². The van der Waals surface area contributed by atoms with Crippen LogP contribution < -0.4 is 14.8 Å². The van der Waals surface area contributed by atoms with Crippen molar-refractivity contribution in [3.05, 3.63) is 60.2 Å². The average Bonchev–Trinajstić information content (AvgIpc) is 2.74. The molecule has 1 amide bonds. The molecule has 0 aromatic heterocycles. The molecule has 2 atom stereocenters. The molecule has 0 radical (unpaired) electrons. The maximum absolute atomic E-state index is 12.3. The van der Waals surface area contributed by atoms with Crippen molar-refractivity contribution in [2.75, 3.05) is 13.7 Å². The van der Waals surface area contributed by atoms with Crippen LogP contribution in [0.3, 0.4) is 0 Å². The molecule has 9 heteroatoms. The first kappa shape index (κ1) is 23.4. The number of methoxy groups -OCH3 is 1. The molecule has 0 fully saturated rings. The summed E-state index contributed by atoms with van der Waals surface area (Å²) in [5.74, 6) is -0.553. The van der Waals surface area contributed by atoms with E-state index in [1.165, 1.54) is 26.0 Å². The highest BCUT2D eigenvalue weighted by atomic mass is 32.2. The van der Waals surface area contributed by atoms with Crippen molar-refractivity contribution in [2.45, 2.75) is 37.3 Å². The van der Waals surface area contributed by atoms with Gasteiger partial charge in [0.15, 0.2) is 6.10 Å². The van der Waals surface area contributed by atoms with Gasteiger partial charge < -0.3 is 14.8 Å². The molecular weight excluding hydrogens is 408 g/mol. The number of sulfonamides is 1. The highest BCUT2D eigenvalue weighted by molar-refractivity contribution is 7.89. The van der Waals surface area contributed by atoms with Crippen molar-refractivity contribution in [1.82, 2.24) is 10.0 Å². The Morgan fingerprint density at radius 2 is 1.63 bits per heavy atom. The van der Waals surface area contributed by atoms with Gasteiger partial charge >= 0.3 is 5.97 Å². The van der Waals surface area contributed by atoms with Crippen molar-refractivity contribution in [2.24, 2.45) is 0 Å². The van der Waals surface area contributed by atoms with Gasteiger partial charge in [-0.3, -0.25) is 9.59 Å². The van der Waals surface area contributed by atoms with E-state index in [4.69, 9.17) is 9.47 Å². The number of hydrogen-bond acceptors (Lipinski definition) is 6. The molecule has 1 unspecified atom stereocenters. The molecule has 2 aromatic rings. The molecule has 0 saturated heterocycles. The van der Waals surface area contributed by atoms with E-state index in [0.717, 1.165) is 11.3 Å². The van der Waals surface area contributed by atoms with Crippen LogP contribution in [0.5, 0.6) is 5.75 Å². The van der Waals surface area contributed by atoms with Crippen LogP contribution in [0.15, 0.2) is 59.5 Å². The number of carbonyl (C=O) groups excluding carboxylic acids is 2. The number of carbonyl (C=O) groups is 2. The third-order valence-electron chi connectivity index (χ3n) is 4.27. The van der Waals surface area contributed by atoms with Gasteiger partial charge in [0.1, 0.15) is 11.8 Å². The molecule has 8 nitrogen and oxygen atoms in total. The van der Waals surface area contributed by atoms with Crippen LogP contribution in [0.4, 0.5) is 0 Å². The zero-order chi connectivity index (χ0) is 22.1. The zero-order valence-electron chi connectivity index (χ0n) is 17.1. The first-order valence-corrected chi connectivity index (χ1v) is 10.9. The number of rotatable bonds is 10. The first-order chi connectivity index (χ1) is 14.2. The fourth-order valence-corrected chi connectivity index (χ4v) is 3.76. The molecule has 0 heterocycles. The smallest absolute Gasteiger partial charge is 0.324 e. The zero-order valence-corrected chi connectivity index (χ0v) is 17.9. The molecule has 0 saturated carbocycles. The Kier molecular flexibility index (Phi) is 8.37. The number of esters is 1. The molecule has 30 heavy (non-hydrogen) atoms. The van der Waals surface area contributed by atoms with Gasteiger partial charge in [-0.2, -0.15) is 4.72 Å². The Hall–Kier alpha value is -2.91. The molecule has 0 spiro atoms. The van der Waals surface area contributed by atoms with Crippen LogP contribution in [0.25, 0.3) is 0 Å². The second-order valence-electron chi connectivity index (χ2n) is 6.62. The van der Waals surface area contributed by atoms with Crippen LogP contribution in [0.2, 0.25) is 0 Å². The lowest BCUT2D eigenvalue weighted by molar-refractivity contribution is -0.156. The molecular formula is C21H26N2O6S. The summed E-state index contributed by atoms with van der Waals surface area (Å²) in [6.07, 6.45) is -0.457. The second-order valence-corrected chi connectivity index (χ2v) is 8.34. The summed E-state index contributed by atoms with van der Waals surface area (Å²) >= 11 is 0. The molecule has 162 valence electrons. The summed E-state index contributed by atoms with van der Waals surface area (Å²) < 4.78 is 37.0. The van der Waals surface area contributed by atoms with E-state index < -0.39 is 34.0 Å². The lowest BCUT2D eigenvalue weighted by Gasteiger charge is -2.17. The first-order valence-electron chi connectivity index (χ1n) is 9.41. The van der Waals surface area contributed by atoms with Crippen LogP contribution in [0.1, 0.15) is 19.4 Å². The number of benzene rings is 2. The number of ether oxygens (including phenoxy) is 2. The van der Waals surface area contributed by atoms with E-state index in [2.05, 4.69) is 10.0 Å². The third kappa shape index (κ3) is 6.85. The van der Waals surface area contributed by atoms with Crippen molar-refractivity contribution in [3.63, 3.8) is 0 Å². The SMILES string of the molecule is COc1ccc(CCNC(=O)C(C)OC(=O)[C@H](C)NS(=O)(=O)c2ccccc2)cc1. The fraction of sp³-hybridized carbons (Fsp3) is 0.333.